The molecular weight excluding hydrogens is 172 g/mol. The maximum absolute atomic E-state index is 3.55. The third-order valence-electron chi connectivity index (χ3n) is 3.34. The van der Waals surface area contributed by atoms with Crippen molar-refractivity contribution in [3.8, 4) is 0 Å². The topological polar surface area (TPSA) is 15.3 Å². The first-order chi connectivity index (χ1) is 6.76. The molecule has 0 aromatic heterocycles. The Hall–Kier alpha value is -0.0800. The van der Waals surface area contributed by atoms with Gasteiger partial charge in [-0.2, -0.15) is 0 Å². The Morgan fingerprint density at radius 1 is 1.29 bits per heavy atom. The van der Waals surface area contributed by atoms with E-state index in [2.05, 4.69) is 31.0 Å². The van der Waals surface area contributed by atoms with Crippen LogP contribution < -0.4 is 5.32 Å². The molecule has 1 fully saturated rings. The van der Waals surface area contributed by atoms with Crippen LogP contribution in [0.4, 0.5) is 0 Å². The van der Waals surface area contributed by atoms with E-state index in [1.165, 1.54) is 38.9 Å². The minimum atomic E-state index is 0.702. The van der Waals surface area contributed by atoms with Gasteiger partial charge >= 0.3 is 0 Å². The summed E-state index contributed by atoms with van der Waals surface area (Å²) in [4.78, 5) is 2.62. The summed E-state index contributed by atoms with van der Waals surface area (Å²) in [6.45, 7) is 11.8. The molecular formula is C12H26N2. The van der Waals surface area contributed by atoms with E-state index in [0.717, 1.165) is 12.5 Å². The number of nitrogens with one attached hydrogen (secondary N) is 1. The Bertz CT molecular complexity index is 139. The Labute approximate surface area is 89.1 Å². The second-order valence-corrected chi connectivity index (χ2v) is 4.65. The Balaban J connectivity index is 2.21. The molecule has 1 N–H and O–H groups in total. The summed E-state index contributed by atoms with van der Waals surface area (Å²) in [6.07, 6.45) is 4.03. The fourth-order valence-corrected chi connectivity index (χ4v) is 2.18. The highest BCUT2D eigenvalue weighted by Crippen LogP contribution is 2.16. The van der Waals surface area contributed by atoms with Crippen LogP contribution >= 0.6 is 0 Å². The number of piperidine rings is 1. The van der Waals surface area contributed by atoms with Crippen molar-refractivity contribution < 1.29 is 0 Å². The molecule has 0 radical (unpaired) electrons. The van der Waals surface area contributed by atoms with Crippen molar-refractivity contribution in [1.82, 2.24) is 10.2 Å². The van der Waals surface area contributed by atoms with Gasteiger partial charge in [0.1, 0.15) is 0 Å². The van der Waals surface area contributed by atoms with Gasteiger partial charge in [-0.3, -0.25) is 0 Å². The van der Waals surface area contributed by atoms with Gasteiger partial charge < -0.3 is 10.2 Å². The molecule has 0 aromatic rings. The van der Waals surface area contributed by atoms with Crippen LogP contribution in [0.2, 0.25) is 0 Å². The van der Waals surface area contributed by atoms with E-state index in [1.807, 2.05) is 0 Å². The lowest BCUT2D eigenvalue weighted by molar-refractivity contribution is 0.174. The molecule has 1 unspecified atom stereocenters. The molecule has 1 rings (SSSR count). The lowest BCUT2D eigenvalue weighted by Crippen LogP contribution is -2.43. The molecule has 1 saturated heterocycles. The fourth-order valence-electron chi connectivity index (χ4n) is 2.18. The van der Waals surface area contributed by atoms with Crippen LogP contribution in [-0.4, -0.2) is 37.1 Å². The summed E-state index contributed by atoms with van der Waals surface area (Å²) in [5.74, 6) is 0.950. The van der Waals surface area contributed by atoms with E-state index in [-0.39, 0.29) is 0 Å². The summed E-state index contributed by atoms with van der Waals surface area (Å²) < 4.78 is 0. The van der Waals surface area contributed by atoms with Crippen LogP contribution in [0.5, 0.6) is 0 Å². The van der Waals surface area contributed by atoms with Crippen LogP contribution in [-0.2, 0) is 0 Å². The van der Waals surface area contributed by atoms with Gasteiger partial charge in [-0.05, 0) is 44.8 Å². The molecule has 0 aliphatic carbocycles. The molecule has 2 nitrogen and oxygen atoms in total. The minimum Gasteiger partial charge on any atom is -0.313 e. The zero-order valence-corrected chi connectivity index (χ0v) is 10.1. The summed E-state index contributed by atoms with van der Waals surface area (Å²) in [6, 6.07) is 0.702. The summed E-state index contributed by atoms with van der Waals surface area (Å²) in [7, 11) is 0. The number of likely N-dealkylation sites (N-methyl/N-ethyl adjacent to an activating group) is 1. The normalized spacial score (nSPS) is 22.5. The molecule has 0 spiro atoms. The Morgan fingerprint density at radius 2 is 1.93 bits per heavy atom. The van der Waals surface area contributed by atoms with Crippen molar-refractivity contribution in [2.45, 2.75) is 46.1 Å². The molecule has 1 heterocycles. The first kappa shape index (κ1) is 12.0. The van der Waals surface area contributed by atoms with E-state index in [4.69, 9.17) is 0 Å². The average Bonchev–Trinajstić information content (AvgIpc) is 2.20. The van der Waals surface area contributed by atoms with Gasteiger partial charge in [-0.15, -0.1) is 0 Å². The van der Waals surface area contributed by atoms with Crippen molar-refractivity contribution in [3.05, 3.63) is 0 Å². The standard InChI is InChI=1S/C12H26N2/c1-4-12(13-5-2)10-14-8-6-11(3)7-9-14/h11-13H,4-10H2,1-3H3. The molecule has 14 heavy (non-hydrogen) atoms. The molecule has 2 heteroatoms. The Kier molecular flexibility index (Phi) is 5.49. The molecule has 0 bridgehead atoms. The second-order valence-electron chi connectivity index (χ2n) is 4.65. The van der Waals surface area contributed by atoms with Crippen molar-refractivity contribution in [3.63, 3.8) is 0 Å². The largest absolute Gasteiger partial charge is 0.313 e. The SMILES string of the molecule is CCNC(CC)CN1CCC(C)CC1. The third kappa shape index (κ3) is 3.97. The first-order valence-electron chi connectivity index (χ1n) is 6.22. The number of hydrogen-bond donors (Lipinski definition) is 1. The van der Waals surface area contributed by atoms with Gasteiger partial charge in [0.15, 0.2) is 0 Å². The monoisotopic (exact) mass is 198 g/mol. The predicted molar refractivity (Wildman–Crippen MR) is 62.6 cm³/mol. The third-order valence-corrected chi connectivity index (χ3v) is 3.34. The van der Waals surface area contributed by atoms with E-state index in [9.17, 15) is 0 Å². The number of likely N-dealkylation sites (tertiary alicyclic amines) is 1. The zero-order valence-electron chi connectivity index (χ0n) is 10.1. The molecule has 1 aliphatic rings. The van der Waals surface area contributed by atoms with Crippen LogP contribution in [0.25, 0.3) is 0 Å². The minimum absolute atomic E-state index is 0.702. The molecule has 0 amide bonds. The Morgan fingerprint density at radius 3 is 2.43 bits per heavy atom. The highest BCUT2D eigenvalue weighted by Gasteiger charge is 2.17. The molecule has 0 aromatic carbocycles. The van der Waals surface area contributed by atoms with Gasteiger partial charge in [0.2, 0.25) is 0 Å². The van der Waals surface area contributed by atoms with E-state index >= 15 is 0 Å². The zero-order chi connectivity index (χ0) is 10.4. The molecule has 1 atom stereocenters. The van der Waals surface area contributed by atoms with Crippen molar-refractivity contribution >= 4 is 0 Å². The lowest BCUT2D eigenvalue weighted by atomic mass is 9.99. The average molecular weight is 198 g/mol. The molecule has 1 aliphatic heterocycles. The molecule has 0 saturated carbocycles. The quantitative estimate of drug-likeness (QED) is 0.728. The van der Waals surface area contributed by atoms with Crippen LogP contribution in [0.15, 0.2) is 0 Å². The fraction of sp³-hybridized carbons (Fsp3) is 1.00. The van der Waals surface area contributed by atoms with Gasteiger partial charge in [0, 0.05) is 12.6 Å². The van der Waals surface area contributed by atoms with Gasteiger partial charge in [0.05, 0.1) is 0 Å². The van der Waals surface area contributed by atoms with Crippen molar-refractivity contribution in [2.75, 3.05) is 26.2 Å². The van der Waals surface area contributed by atoms with Crippen LogP contribution in [0.3, 0.4) is 0 Å². The first-order valence-corrected chi connectivity index (χ1v) is 6.22. The lowest BCUT2D eigenvalue weighted by Gasteiger charge is -2.33. The van der Waals surface area contributed by atoms with Gasteiger partial charge in [-0.25, -0.2) is 0 Å². The second kappa shape index (κ2) is 6.41. The highest BCUT2D eigenvalue weighted by atomic mass is 15.2. The van der Waals surface area contributed by atoms with E-state index < -0.39 is 0 Å². The number of hydrogen-bond acceptors (Lipinski definition) is 2. The predicted octanol–water partition coefficient (Wildman–Crippen LogP) is 2.11. The van der Waals surface area contributed by atoms with Crippen molar-refractivity contribution in [1.29, 1.82) is 0 Å². The van der Waals surface area contributed by atoms with Gasteiger partial charge in [-0.1, -0.05) is 20.8 Å². The van der Waals surface area contributed by atoms with Crippen LogP contribution in [0, 0.1) is 5.92 Å². The summed E-state index contributed by atoms with van der Waals surface area (Å²) >= 11 is 0. The highest BCUT2D eigenvalue weighted by molar-refractivity contribution is 4.75. The van der Waals surface area contributed by atoms with Crippen LogP contribution in [0.1, 0.15) is 40.0 Å². The smallest absolute Gasteiger partial charge is 0.0192 e. The number of nitrogens with zero attached hydrogens (tertiary/aromatic N) is 1. The maximum Gasteiger partial charge on any atom is 0.0192 e. The van der Waals surface area contributed by atoms with E-state index in [1.54, 1.807) is 0 Å². The van der Waals surface area contributed by atoms with E-state index in [0.29, 0.717) is 6.04 Å². The summed E-state index contributed by atoms with van der Waals surface area (Å²) in [5.41, 5.74) is 0. The van der Waals surface area contributed by atoms with Gasteiger partial charge in [0.25, 0.3) is 0 Å². The summed E-state index contributed by atoms with van der Waals surface area (Å²) in [5, 5.41) is 3.55. The number of rotatable bonds is 5. The maximum atomic E-state index is 3.55. The molecule has 84 valence electrons. The van der Waals surface area contributed by atoms with Crippen molar-refractivity contribution in [2.24, 2.45) is 5.92 Å².